The number of ether oxygens (including phenoxy) is 1. The summed E-state index contributed by atoms with van der Waals surface area (Å²) in [5, 5.41) is 0.443. The van der Waals surface area contributed by atoms with E-state index in [-0.39, 0.29) is 23.7 Å². The van der Waals surface area contributed by atoms with Crippen LogP contribution < -0.4 is 10.3 Å². The zero-order valence-corrected chi connectivity index (χ0v) is 14.4. The summed E-state index contributed by atoms with van der Waals surface area (Å²) < 4.78 is 45.9. The van der Waals surface area contributed by atoms with E-state index in [0.717, 1.165) is 12.1 Å². The van der Waals surface area contributed by atoms with Gasteiger partial charge in [0.2, 0.25) is 0 Å². The van der Waals surface area contributed by atoms with Crippen molar-refractivity contribution < 1.29 is 17.9 Å². The number of nitrogens with one attached hydrogen (secondary N) is 1. The topological polar surface area (TPSA) is 55.0 Å². The van der Waals surface area contributed by atoms with Crippen molar-refractivity contribution in [2.24, 2.45) is 0 Å². The molecule has 0 saturated heterocycles. The second-order valence-corrected chi connectivity index (χ2v) is 6.11. The summed E-state index contributed by atoms with van der Waals surface area (Å²) in [6.45, 7) is -0.126. The molecule has 4 rings (SSSR count). The number of fused-ring (bicyclic) bond motifs is 1. The minimum atomic E-state index is -0.997. The van der Waals surface area contributed by atoms with Gasteiger partial charge in [-0.15, -0.1) is 0 Å². The Morgan fingerprint density at radius 1 is 0.893 bits per heavy atom. The molecule has 0 atom stereocenters. The number of hydrogen-bond acceptors (Lipinski definition) is 3. The lowest BCUT2D eigenvalue weighted by Crippen LogP contribution is -2.09. The Hall–Kier alpha value is -3.61. The van der Waals surface area contributed by atoms with Gasteiger partial charge in [-0.25, -0.2) is 18.2 Å². The molecule has 4 aromatic rings. The van der Waals surface area contributed by atoms with Crippen LogP contribution in [0.1, 0.15) is 5.56 Å². The average molecular weight is 382 g/mol. The van der Waals surface area contributed by atoms with Gasteiger partial charge >= 0.3 is 0 Å². The van der Waals surface area contributed by atoms with E-state index in [1.54, 1.807) is 30.3 Å². The van der Waals surface area contributed by atoms with Gasteiger partial charge in [-0.05, 0) is 48.0 Å². The van der Waals surface area contributed by atoms with Gasteiger partial charge in [-0.2, -0.15) is 0 Å². The van der Waals surface area contributed by atoms with Crippen molar-refractivity contribution in [3.63, 3.8) is 0 Å². The maximum absolute atomic E-state index is 14.4. The van der Waals surface area contributed by atoms with Gasteiger partial charge in [0.05, 0.1) is 10.9 Å². The first-order valence-corrected chi connectivity index (χ1v) is 8.37. The number of rotatable bonds is 4. The van der Waals surface area contributed by atoms with Crippen molar-refractivity contribution >= 4 is 10.9 Å². The molecule has 0 bridgehead atoms. The molecule has 4 nitrogen and oxygen atoms in total. The molecule has 3 aromatic carbocycles. The number of aromatic nitrogens is 2. The van der Waals surface area contributed by atoms with Crippen molar-refractivity contribution in [2.75, 3.05) is 0 Å². The van der Waals surface area contributed by atoms with Crippen LogP contribution in [0.15, 0.2) is 65.5 Å². The third-order valence-electron chi connectivity index (χ3n) is 4.20. The highest BCUT2D eigenvalue weighted by molar-refractivity contribution is 5.79. The Morgan fingerprint density at radius 2 is 1.71 bits per heavy atom. The molecule has 1 aromatic heterocycles. The van der Waals surface area contributed by atoms with E-state index < -0.39 is 17.5 Å². The standard InChI is InChI=1S/C21H13F3N2O2/c22-15-7-5-12(9-16(15)23)11-28-19-8-6-13(10-17(19)24)20-25-18-4-2-1-3-14(18)21(27)26-20/h1-10H,11H2,(H,25,26,27). The van der Waals surface area contributed by atoms with Crippen LogP contribution in [0.25, 0.3) is 22.3 Å². The molecule has 0 aliphatic heterocycles. The Labute approximate surface area is 157 Å². The van der Waals surface area contributed by atoms with E-state index >= 15 is 0 Å². The number of para-hydroxylation sites is 1. The van der Waals surface area contributed by atoms with Gasteiger partial charge in [0, 0.05) is 5.56 Å². The van der Waals surface area contributed by atoms with Crippen molar-refractivity contribution in [3.05, 3.63) is 94.0 Å². The fourth-order valence-electron chi connectivity index (χ4n) is 2.78. The van der Waals surface area contributed by atoms with Gasteiger partial charge in [0.1, 0.15) is 12.4 Å². The van der Waals surface area contributed by atoms with Crippen molar-refractivity contribution in [2.45, 2.75) is 6.61 Å². The van der Waals surface area contributed by atoms with E-state index in [1.807, 2.05) is 0 Å². The Morgan fingerprint density at radius 3 is 2.50 bits per heavy atom. The summed E-state index contributed by atoms with van der Waals surface area (Å²) in [5.41, 5.74) is 0.920. The summed E-state index contributed by atoms with van der Waals surface area (Å²) in [6, 6.07) is 14.3. The first-order valence-electron chi connectivity index (χ1n) is 8.37. The number of aromatic amines is 1. The molecule has 0 aliphatic carbocycles. The Bertz CT molecular complexity index is 1240. The van der Waals surface area contributed by atoms with E-state index in [0.29, 0.717) is 22.0 Å². The summed E-state index contributed by atoms with van der Waals surface area (Å²) in [6.07, 6.45) is 0. The van der Waals surface area contributed by atoms with Crippen LogP contribution in [-0.4, -0.2) is 9.97 Å². The second kappa shape index (κ2) is 7.19. The fraction of sp³-hybridized carbons (Fsp3) is 0.0476. The largest absolute Gasteiger partial charge is 0.486 e. The number of halogens is 3. The minimum absolute atomic E-state index is 0.0587. The van der Waals surface area contributed by atoms with Crippen molar-refractivity contribution in [1.29, 1.82) is 0 Å². The average Bonchev–Trinajstić information content (AvgIpc) is 2.69. The highest BCUT2D eigenvalue weighted by Crippen LogP contribution is 2.25. The minimum Gasteiger partial charge on any atom is -0.486 e. The van der Waals surface area contributed by atoms with Gasteiger partial charge < -0.3 is 9.72 Å². The SMILES string of the molecule is O=c1[nH]c(-c2ccc(OCc3ccc(F)c(F)c3)c(F)c2)nc2ccccc12. The molecular weight excluding hydrogens is 369 g/mol. The van der Waals surface area contributed by atoms with E-state index in [9.17, 15) is 18.0 Å². The molecule has 0 fully saturated rings. The number of nitrogens with zero attached hydrogens (tertiary/aromatic N) is 1. The van der Waals surface area contributed by atoms with Crippen molar-refractivity contribution in [1.82, 2.24) is 9.97 Å². The lowest BCUT2D eigenvalue weighted by molar-refractivity contribution is 0.289. The first kappa shape index (κ1) is 17.8. The van der Waals surface area contributed by atoms with Crippen LogP contribution in [0.3, 0.4) is 0 Å². The third kappa shape index (κ3) is 3.46. The van der Waals surface area contributed by atoms with Gasteiger partial charge in [0.15, 0.2) is 23.2 Å². The molecular formula is C21H13F3N2O2. The normalized spacial score (nSPS) is 11.0. The molecule has 1 N–H and O–H groups in total. The van der Waals surface area contributed by atoms with E-state index in [2.05, 4.69) is 9.97 Å². The van der Waals surface area contributed by atoms with Crippen LogP contribution in [0.4, 0.5) is 13.2 Å². The number of hydrogen-bond donors (Lipinski definition) is 1. The highest BCUT2D eigenvalue weighted by atomic mass is 19.2. The van der Waals surface area contributed by atoms with E-state index in [1.165, 1.54) is 18.2 Å². The molecule has 0 amide bonds. The molecule has 0 spiro atoms. The zero-order chi connectivity index (χ0) is 19.7. The third-order valence-corrected chi connectivity index (χ3v) is 4.20. The molecule has 1 heterocycles. The van der Waals surface area contributed by atoms with Crippen LogP contribution in [0.5, 0.6) is 5.75 Å². The zero-order valence-electron chi connectivity index (χ0n) is 14.4. The van der Waals surface area contributed by atoms with Crippen LogP contribution in [0.2, 0.25) is 0 Å². The summed E-state index contributed by atoms with van der Waals surface area (Å²) in [5.74, 6) is -2.46. The maximum atomic E-state index is 14.4. The maximum Gasteiger partial charge on any atom is 0.259 e. The lowest BCUT2D eigenvalue weighted by Gasteiger charge is -2.09. The summed E-state index contributed by atoms with van der Waals surface area (Å²) in [7, 11) is 0. The van der Waals surface area contributed by atoms with Gasteiger partial charge in [-0.1, -0.05) is 18.2 Å². The predicted molar refractivity (Wildman–Crippen MR) is 98.4 cm³/mol. The first-order chi connectivity index (χ1) is 13.5. The molecule has 0 unspecified atom stereocenters. The van der Waals surface area contributed by atoms with Gasteiger partial charge in [-0.3, -0.25) is 4.79 Å². The monoisotopic (exact) mass is 382 g/mol. The summed E-state index contributed by atoms with van der Waals surface area (Å²) >= 11 is 0. The quantitative estimate of drug-likeness (QED) is 0.562. The smallest absolute Gasteiger partial charge is 0.259 e. The fourth-order valence-corrected chi connectivity index (χ4v) is 2.78. The Kier molecular flexibility index (Phi) is 4.57. The molecule has 0 aliphatic rings. The highest BCUT2D eigenvalue weighted by Gasteiger charge is 2.11. The summed E-state index contributed by atoms with van der Waals surface area (Å²) in [4.78, 5) is 19.1. The molecule has 140 valence electrons. The van der Waals surface area contributed by atoms with Crippen molar-refractivity contribution in [3.8, 4) is 17.1 Å². The van der Waals surface area contributed by atoms with Crippen LogP contribution >= 0.6 is 0 Å². The molecule has 0 saturated carbocycles. The van der Waals surface area contributed by atoms with Crippen LogP contribution in [-0.2, 0) is 6.61 Å². The van der Waals surface area contributed by atoms with E-state index in [4.69, 9.17) is 4.74 Å². The Balaban J connectivity index is 1.59. The molecule has 28 heavy (non-hydrogen) atoms. The van der Waals surface area contributed by atoms with Gasteiger partial charge in [0.25, 0.3) is 5.56 Å². The lowest BCUT2D eigenvalue weighted by atomic mass is 10.1. The molecule has 7 heteroatoms. The number of benzene rings is 3. The van der Waals surface area contributed by atoms with Crippen LogP contribution in [0, 0.1) is 17.5 Å². The second-order valence-electron chi connectivity index (χ2n) is 6.11. The molecule has 0 radical (unpaired) electrons. The number of H-pyrrole nitrogens is 1. The predicted octanol–water partition coefficient (Wildman–Crippen LogP) is 4.59.